The zero-order valence-electron chi connectivity index (χ0n) is 27.3. The van der Waals surface area contributed by atoms with Crippen LogP contribution in [0.1, 0.15) is 29.0 Å². The van der Waals surface area contributed by atoms with Crippen LogP contribution < -0.4 is 16.4 Å². The number of hydrogen-bond acceptors (Lipinski definition) is 5. The van der Waals surface area contributed by atoms with E-state index < -0.39 is 0 Å². The molecule has 4 N–H and O–H groups in total. The van der Waals surface area contributed by atoms with Crippen LogP contribution in [0.25, 0.3) is 66.1 Å². The van der Waals surface area contributed by atoms with Gasteiger partial charge in [0.05, 0.1) is 12.3 Å². The maximum Gasteiger partial charge on any atom is 0.136 e. The quantitative estimate of drug-likeness (QED) is 0.136. The fraction of sp³-hybridized carbons (Fsp3) is 0.0667. The van der Waals surface area contributed by atoms with Crippen LogP contribution in [0.4, 0.5) is 0 Å². The topological polar surface area (TPSA) is 76.4 Å². The van der Waals surface area contributed by atoms with Crippen LogP contribution in [-0.4, -0.2) is 0 Å². The Morgan fingerprint density at radius 3 is 1.84 bits per heavy atom. The number of nitrogens with two attached hydrogens (primary N) is 1. The van der Waals surface area contributed by atoms with Gasteiger partial charge >= 0.3 is 0 Å². The molecular formula is C45H35N3O2. The van der Waals surface area contributed by atoms with E-state index in [4.69, 9.17) is 14.6 Å². The lowest BCUT2D eigenvalue weighted by Crippen LogP contribution is -2.39. The maximum absolute atomic E-state index is 6.70. The number of hydrogen-bond donors (Lipinski definition) is 3. The van der Waals surface area contributed by atoms with Gasteiger partial charge < -0.3 is 14.6 Å². The van der Waals surface area contributed by atoms with Gasteiger partial charge in [0.15, 0.2) is 0 Å². The van der Waals surface area contributed by atoms with Gasteiger partial charge in [0.1, 0.15) is 22.3 Å². The number of para-hydroxylation sites is 1. The minimum atomic E-state index is -0.375. The number of nitrogens with one attached hydrogen (secondary N) is 2. The minimum absolute atomic E-state index is 0.247. The van der Waals surface area contributed by atoms with Gasteiger partial charge in [-0.15, -0.1) is 0 Å². The van der Waals surface area contributed by atoms with Crippen molar-refractivity contribution in [1.82, 2.24) is 10.6 Å². The van der Waals surface area contributed by atoms with E-state index in [9.17, 15) is 0 Å². The van der Waals surface area contributed by atoms with Gasteiger partial charge in [0, 0.05) is 28.1 Å². The summed E-state index contributed by atoms with van der Waals surface area (Å²) >= 11 is 0. The molecule has 0 aliphatic carbocycles. The molecule has 0 fully saturated rings. The average molecular weight is 650 g/mol. The molecular weight excluding hydrogens is 615 g/mol. The summed E-state index contributed by atoms with van der Waals surface area (Å²) in [7, 11) is 0. The largest absolute Gasteiger partial charge is 0.456 e. The average Bonchev–Trinajstić information content (AvgIpc) is 3.74. The van der Waals surface area contributed by atoms with Crippen molar-refractivity contribution in [3.63, 3.8) is 0 Å². The van der Waals surface area contributed by atoms with Gasteiger partial charge in [-0.3, -0.25) is 10.6 Å². The molecule has 0 bridgehead atoms. The minimum Gasteiger partial charge on any atom is -0.456 e. The number of rotatable bonds is 9. The van der Waals surface area contributed by atoms with Crippen molar-refractivity contribution in [2.45, 2.75) is 18.9 Å². The molecule has 5 nitrogen and oxygen atoms in total. The first-order valence-corrected chi connectivity index (χ1v) is 17.0. The third-order valence-electron chi connectivity index (χ3n) is 9.59. The van der Waals surface area contributed by atoms with E-state index in [1.54, 1.807) is 0 Å². The first kappa shape index (κ1) is 30.1. The van der Waals surface area contributed by atoms with Gasteiger partial charge in [0.25, 0.3) is 0 Å². The summed E-state index contributed by atoms with van der Waals surface area (Å²) in [6.45, 7) is 0.599. The molecule has 2 aromatic heterocycles. The molecule has 0 saturated heterocycles. The molecule has 0 spiro atoms. The molecule has 9 rings (SSSR count). The van der Waals surface area contributed by atoms with Crippen molar-refractivity contribution >= 4 is 43.9 Å². The number of furan rings is 2. The molecule has 0 radical (unpaired) electrons. The summed E-state index contributed by atoms with van der Waals surface area (Å²) in [4.78, 5) is 0. The molecule has 0 aliphatic rings. The van der Waals surface area contributed by atoms with Gasteiger partial charge in [-0.05, 0) is 75.3 Å². The van der Waals surface area contributed by atoms with Crippen molar-refractivity contribution in [2.24, 2.45) is 5.73 Å². The van der Waals surface area contributed by atoms with Crippen LogP contribution in [0.5, 0.6) is 0 Å². The summed E-state index contributed by atoms with van der Waals surface area (Å²) in [6, 6.07) is 56.7. The highest BCUT2D eigenvalue weighted by atomic mass is 16.3. The molecule has 2 heterocycles. The van der Waals surface area contributed by atoms with Crippen LogP contribution in [0, 0.1) is 0 Å². The number of benzene rings is 7. The van der Waals surface area contributed by atoms with Gasteiger partial charge in [0.2, 0.25) is 0 Å². The van der Waals surface area contributed by atoms with E-state index in [2.05, 4.69) is 120 Å². The normalized spacial score (nSPS) is 13.0. The van der Waals surface area contributed by atoms with Crippen LogP contribution in [0.15, 0.2) is 173 Å². The van der Waals surface area contributed by atoms with Crippen LogP contribution in [-0.2, 0) is 6.54 Å². The Labute approximate surface area is 290 Å². The molecule has 0 aliphatic heterocycles. The van der Waals surface area contributed by atoms with Crippen molar-refractivity contribution in [3.8, 4) is 22.3 Å². The molecule has 50 heavy (non-hydrogen) atoms. The van der Waals surface area contributed by atoms with E-state index in [1.807, 2.05) is 54.6 Å². The van der Waals surface area contributed by atoms with Gasteiger partial charge in [-0.25, -0.2) is 0 Å². The van der Waals surface area contributed by atoms with Crippen molar-refractivity contribution in [1.29, 1.82) is 0 Å². The monoisotopic (exact) mass is 649 g/mol. The lowest BCUT2D eigenvalue weighted by Gasteiger charge is -2.25. The summed E-state index contributed by atoms with van der Waals surface area (Å²) < 4.78 is 12.7. The Balaban J connectivity index is 1.00. The lowest BCUT2D eigenvalue weighted by atomic mass is 9.98. The Morgan fingerprint density at radius 2 is 1.02 bits per heavy atom. The second-order valence-electron chi connectivity index (χ2n) is 12.8. The van der Waals surface area contributed by atoms with Gasteiger partial charge in [-0.2, -0.15) is 0 Å². The first-order chi connectivity index (χ1) is 24.7. The van der Waals surface area contributed by atoms with Crippen molar-refractivity contribution < 1.29 is 8.83 Å². The van der Waals surface area contributed by atoms with E-state index in [0.717, 1.165) is 71.7 Å². The van der Waals surface area contributed by atoms with Crippen LogP contribution >= 0.6 is 0 Å². The predicted octanol–water partition coefficient (Wildman–Crippen LogP) is 10.9. The standard InChI is InChI=1S/C45H35N3O2/c46-44(31-12-5-2-6-13-31)48-45(35-20-23-38-36-16-7-8-17-40(36)49-43(38)27-35)47-28-29-18-21-37-39-22-19-34(26-42(39)50-41(37)24-29)33-15-9-14-32(25-33)30-10-3-1-4-11-30/h1-27,44-45,47-48H,28,46H2. The molecule has 0 amide bonds. The fourth-order valence-electron chi connectivity index (χ4n) is 6.97. The predicted molar refractivity (Wildman–Crippen MR) is 204 cm³/mol. The lowest BCUT2D eigenvalue weighted by molar-refractivity contribution is 0.386. The molecule has 9 aromatic rings. The van der Waals surface area contributed by atoms with Crippen molar-refractivity contribution in [3.05, 3.63) is 180 Å². The van der Waals surface area contributed by atoms with E-state index in [1.165, 1.54) is 11.1 Å². The summed E-state index contributed by atoms with van der Waals surface area (Å²) in [5, 5.41) is 11.8. The second-order valence-corrected chi connectivity index (χ2v) is 12.8. The van der Waals surface area contributed by atoms with Crippen molar-refractivity contribution in [2.75, 3.05) is 0 Å². The molecule has 2 atom stereocenters. The highest BCUT2D eigenvalue weighted by Gasteiger charge is 2.18. The molecule has 242 valence electrons. The molecule has 7 aromatic carbocycles. The highest BCUT2D eigenvalue weighted by Crippen LogP contribution is 2.35. The third-order valence-corrected chi connectivity index (χ3v) is 9.59. The zero-order valence-corrected chi connectivity index (χ0v) is 27.3. The van der Waals surface area contributed by atoms with E-state index >= 15 is 0 Å². The SMILES string of the molecule is NC(NC(NCc1ccc2c(c1)oc1cc(-c3cccc(-c4ccccc4)c3)ccc12)c1ccc2c(c1)oc1ccccc12)c1ccccc1. The van der Waals surface area contributed by atoms with E-state index in [-0.39, 0.29) is 12.3 Å². The Kier molecular flexibility index (Phi) is 7.71. The maximum atomic E-state index is 6.70. The Hall–Kier alpha value is -5.98. The summed E-state index contributed by atoms with van der Waals surface area (Å²) in [6.07, 6.45) is -0.621. The van der Waals surface area contributed by atoms with Gasteiger partial charge in [-0.1, -0.05) is 127 Å². The Morgan fingerprint density at radius 1 is 0.440 bits per heavy atom. The summed E-state index contributed by atoms with van der Waals surface area (Å²) in [5.74, 6) is 0. The first-order valence-electron chi connectivity index (χ1n) is 17.0. The molecule has 0 saturated carbocycles. The molecule has 2 unspecified atom stereocenters. The molecule has 5 heteroatoms. The zero-order chi connectivity index (χ0) is 33.4. The smallest absolute Gasteiger partial charge is 0.136 e. The highest BCUT2D eigenvalue weighted by molar-refractivity contribution is 6.06. The number of fused-ring (bicyclic) bond motifs is 6. The summed E-state index contributed by atoms with van der Waals surface area (Å²) in [5.41, 5.74) is 18.0. The van der Waals surface area contributed by atoms with Crippen LogP contribution in [0.2, 0.25) is 0 Å². The van der Waals surface area contributed by atoms with Crippen LogP contribution in [0.3, 0.4) is 0 Å². The second kappa shape index (κ2) is 12.8. The Bertz CT molecular complexity index is 2610. The third kappa shape index (κ3) is 5.74. The van der Waals surface area contributed by atoms with E-state index in [0.29, 0.717) is 6.54 Å². The fourth-order valence-corrected chi connectivity index (χ4v) is 6.97.